The highest BCUT2D eigenvalue weighted by molar-refractivity contribution is 7.16. The molecule has 0 amide bonds. The van der Waals surface area contributed by atoms with Crippen molar-refractivity contribution in [3.8, 4) is 0 Å². The molecule has 20 heavy (non-hydrogen) atoms. The molecule has 0 saturated heterocycles. The highest BCUT2D eigenvalue weighted by Crippen LogP contribution is 2.32. The highest BCUT2D eigenvalue weighted by Gasteiger charge is 2.18. The van der Waals surface area contributed by atoms with Crippen LogP contribution in [-0.2, 0) is 0 Å². The van der Waals surface area contributed by atoms with E-state index in [1.165, 1.54) is 50.3 Å². The Kier molecular flexibility index (Phi) is 4.51. The Labute approximate surface area is 124 Å². The third-order valence-corrected chi connectivity index (χ3v) is 4.96. The summed E-state index contributed by atoms with van der Waals surface area (Å²) in [6.07, 6.45) is 9.31. The number of hydrogen-bond acceptors (Lipinski definition) is 4. The van der Waals surface area contributed by atoms with E-state index in [1.54, 1.807) is 11.3 Å². The van der Waals surface area contributed by atoms with Crippen molar-refractivity contribution in [2.45, 2.75) is 57.8 Å². The van der Waals surface area contributed by atoms with Gasteiger partial charge in [0.2, 0.25) is 0 Å². The number of hydrogen-bond donors (Lipinski definition) is 1. The minimum Gasteiger partial charge on any atom is -0.370 e. The summed E-state index contributed by atoms with van der Waals surface area (Å²) in [6, 6.07) is 2.12. The first kappa shape index (κ1) is 13.8. The molecule has 0 aromatic carbocycles. The van der Waals surface area contributed by atoms with Crippen molar-refractivity contribution in [2.75, 3.05) is 11.9 Å². The van der Waals surface area contributed by atoms with E-state index in [2.05, 4.69) is 23.7 Å². The molecule has 1 saturated carbocycles. The van der Waals surface area contributed by atoms with Crippen molar-refractivity contribution in [3.05, 3.63) is 17.3 Å². The first-order chi connectivity index (χ1) is 9.88. The Hall–Kier alpha value is -1.16. The molecule has 3 rings (SSSR count). The van der Waals surface area contributed by atoms with Gasteiger partial charge in [-0.1, -0.05) is 32.1 Å². The van der Waals surface area contributed by atoms with Crippen LogP contribution >= 0.6 is 11.3 Å². The van der Waals surface area contributed by atoms with E-state index in [0.717, 1.165) is 23.0 Å². The molecule has 0 unspecified atom stereocenters. The van der Waals surface area contributed by atoms with E-state index in [0.29, 0.717) is 5.92 Å². The van der Waals surface area contributed by atoms with Crippen molar-refractivity contribution in [1.82, 2.24) is 9.97 Å². The van der Waals surface area contributed by atoms with Gasteiger partial charge in [-0.2, -0.15) is 0 Å². The lowest BCUT2D eigenvalue weighted by molar-refractivity contribution is 0.443. The maximum Gasteiger partial charge on any atom is 0.138 e. The summed E-state index contributed by atoms with van der Waals surface area (Å²) >= 11 is 1.72. The summed E-state index contributed by atoms with van der Waals surface area (Å²) < 4.78 is 0. The largest absolute Gasteiger partial charge is 0.370 e. The molecule has 2 aromatic heterocycles. The molecule has 108 valence electrons. The smallest absolute Gasteiger partial charge is 0.138 e. The van der Waals surface area contributed by atoms with Crippen molar-refractivity contribution < 1.29 is 0 Å². The summed E-state index contributed by atoms with van der Waals surface area (Å²) in [5, 5.41) is 6.69. The highest BCUT2D eigenvalue weighted by atomic mass is 32.1. The van der Waals surface area contributed by atoms with Gasteiger partial charge in [0, 0.05) is 12.5 Å². The van der Waals surface area contributed by atoms with E-state index in [4.69, 9.17) is 9.97 Å². The molecule has 4 heteroatoms. The number of fused-ring (bicyclic) bond motifs is 1. The van der Waals surface area contributed by atoms with Gasteiger partial charge < -0.3 is 5.32 Å². The van der Waals surface area contributed by atoms with E-state index in [-0.39, 0.29) is 0 Å². The van der Waals surface area contributed by atoms with Crippen molar-refractivity contribution in [3.63, 3.8) is 0 Å². The molecule has 1 fully saturated rings. The Morgan fingerprint density at radius 2 is 1.90 bits per heavy atom. The molecule has 0 atom stereocenters. The van der Waals surface area contributed by atoms with Gasteiger partial charge in [0.1, 0.15) is 16.5 Å². The van der Waals surface area contributed by atoms with E-state index >= 15 is 0 Å². The molecule has 1 aliphatic carbocycles. The minimum atomic E-state index is 0.555. The van der Waals surface area contributed by atoms with Gasteiger partial charge >= 0.3 is 0 Å². The number of aromatic nitrogens is 2. The predicted molar refractivity (Wildman–Crippen MR) is 86.6 cm³/mol. The van der Waals surface area contributed by atoms with Gasteiger partial charge in [0.05, 0.1) is 5.39 Å². The fraction of sp³-hybridized carbons (Fsp3) is 0.625. The fourth-order valence-electron chi connectivity index (χ4n) is 3.07. The lowest BCUT2D eigenvalue weighted by Crippen LogP contribution is -2.09. The van der Waals surface area contributed by atoms with Crippen LogP contribution in [0.2, 0.25) is 0 Å². The van der Waals surface area contributed by atoms with Crippen LogP contribution in [0, 0.1) is 0 Å². The van der Waals surface area contributed by atoms with Crippen LogP contribution in [0.1, 0.15) is 63.6 Å². The van der Waals surface area contributed by atoms with Crippen LogP contribution in [0.3, 0.4) is 0 Å². The van der Waals surface area contributed by atoms with Crippen LogP contribution in [-0.4, -0.2) is 16.5 Å². The van der Waals surface area contributed by atoms with E-state index in [1.807, 2.05) is 0 Å². The monoisotopic (exact) mass is 289 g/mol. The van der Waals surface area contributed by atoms with Crippen molar-refractivity contribution >= 4 is 27.4 Å². The molecule has 2 aromatic rings. The topological polar surface area (TPSA) is 37.8 Å². The van der Waals surface area contributed by atoms with Crippen LogP contribution in [0.25, 0.3) is 10.2 Å². The second kappa shape index (κ2) is 6.53. The van der Waals surface area contributed by atoms with Gasteiger partial charge in [-0.3, -0.25) is 0 Å². The lowest BCUT2D eigenvalue weighted by atomic mass is 9.90. The second-order valence-electron chi connectivity index (χ2n) is 5.64. The zero-order valence-corrected chi connectivity index (χ0v) is 13.0. The zero-order valence-electron chi connectivity index (χ0n) is 12.2. The van der Waals surface area contributed by atoms with Crippen molar-refractivity contribution in [2.24, 2.45) is 0 Å². The van der Waals surface area contributed by atoms with E-state index < -0.39 is 0 Å². The average Bonchev–Trinajstić information content (AvgIpc) is 2.87. The van der Waals surface area contributed by atoms with Gasteiger partial charge in [0.25, 0.3) is 0 Å². The Balaban J connectivity index is 1.92. The minimum absolute atomic E-state index is 0.555. The Morgan fingerprint density at radius 3 is 2.65 bits per heavy atom. The maximum atomic E-state index is 4.84. The van der Waals surface area contributed by atoms with Crippen LogP contribution < -0.4 is 5.32 Å². The van der Waals surface area contributed by atoms with Crippen LogP contribution in [0.15, 0.2) is 11.4 Å². The first-order valence-electron chi connectivity index (χ1n) is 7.87. The number of thiophene rings is 1. The Bertz CT molecular complexity index is 556. The normalized spacial score (nSPS) is 17.9. The second-order valence-corrected chi connectivity index (χ2v) is 6.54. The average molecular weight is 289 g/mol. The maximum absolute atomic E-state index is 4.84. The van der Waals surface area contributed by atoms with Crippen LogP contribution in [0.4, 0.5) is 5.82 Å². The third-order valence-electron chi connectivity index (χ3n) is 4.16. The van der Waals surface area contributed by atoms with Crippen molar-refractivity contribution in [1.29, 1.82) is 0 Å². The Morgan fingerprint density at radius 1 is 1.15 bits per heavy atom. The first-order valence-corrected chi connectivity index (χ1v) is 8.75. The molecule has 3 nitrogen and oxygen atoms in total. The SMILES string of the molecule is CCNc1nc(C2CCCCCCC2)nc2sccc12. The summed E-state index contributed by atoms with van der Waals surface area (Å²) in [5.74, 6) is 2.65. The van der Waals surface area contributed by atoms with Gasteiger partial charge in [-0.05, 0) is 31.2 Å². The quantitative estimate of drug-likeness (QED) is 0.868. The molecule has 1 N–H and O–H groups in total. The fourth-order valence-corrected chi connectivity index (χ4v) is 3.84. The standard InChI is InChI=1S/C16H23N3S/c1-2-17-15-13-10-11-20-16(13)19-14(18-15)12-8-6-4-3-5-7-9-12/h10-12H,2-9H2,1H3,(H,17,18,19). The summed E-state index contributed by atoms with van der Waals surface area (Å²) in [5.41, 5.74) is 0. The van der Waals surface area contributed by atoms with E-state index in [9.17, 15) is 0 Å². The van der Waals surface area contributed by atoms with Gasteiger partial charge in [0.15, 0.2) is 0 Å². The molecule has 0 spiro atoms. The molecule has 0 aliphatic heterocycles. The molecular formula is C16H23N3S. The third kappa shape index (κ3) is 2.95. The zero-order chi connectivity index (χ0) is 13.8. The molecule has 0 radical (unpaired) electrons. The number of nitrogens with one attached hydrogen (secondary N) is 1. The van der Waals surface area contributed by atoms with Gasteiger partial charge in [-0.25, -0.2) is 9.97 Å². The summed E-state index contributed by atoms with van der Waals surface area (Å²) in [4.78, 5) is 10.8. The molecule has 0 bridgehead atoms. The molecule has 1 aliphatic rings. The van der Waals surface area contributed by atoms with Gasteiger partial charge in [-0.15, -0.1) is 11.3 Å². The predicted octanol–water partition coefficient (Wildman–Crippen LogP) is 4.95. The molecular weight excluding hydrogens is 266 g/mol. The number of rotatable bonds is 3. The number of nitrogens with zero attached hydrogens (tertiary/aromatic N) is 2. The number of anilines is 1. The lowest BCUT2D eigenvalue weighted by Gasteiger charge is -2.19. The molecule has 2 heterocycles. The van der Waals surface area contributed by atoms with Crippen LogP contribution in [0.5, 0.6) is 0 Å². The summed E-state index contributed by atoms with van der Waals surface area (Å²) in [6.45, 7) is 3.03. The summed E-state index contributed by atoms with van der Waals surface area (Å²) in [7, 11) is 0.